The van der Waals surface area contributed by atoms with Gasteiger partial charge in [-0.15, -0.1) is 11.3 Å². The first kappa shape index (κ1) is 13.5. The summed E-state index contributed by atoms with van der Waals surface area (Å²) >= 11 is 1.97. The third-order valence-corrected chi connectivity index (χ3v) is 5.89. The fourth-order valence-electron chi connectivity index (χ4n) is 3.29. The van der Waals surface area contributed by atoms with Gasteiger partial charge in [-0.05, 0) is 44.4 Å². The molecule has 4 heteroatoms. The number of aromatic nitrogens is 1. The van der Waals surface area contributed by atoms with Gasteiger partial charge in [0.05, 0.1) is 17.8 Å². The molecule has 1 unspecified atom stereocenters. The molecule has 0 aromatic carbocycles. The number of fused-ring (bicyclic) bond motifs is 1. The van der Waals surface area contributed by atoms with Crippen LogP contribution in [0.1, 0.15) is 48.2 Å². The van der Waals surface area contributed by atoms with Gasteiger partial charge in [0.2, 0.25) is 0 Å². The number of rotatable bonds is 7. The maximum absolute atomic E-state index is 5.20. The second kappa shape index (κ2) is 5.51. The monoisotopic (exact) mass is 280 g/mol. The highest BCUT2D eigenvalue weighted by Gasteiger charge is 2.47. The number of ether oxygens (including phenoxy) is 1. The number of thiazole rings is 1. The van der Waals surface area contributed by atoms with E-state index in [1.54, 1.807) is 12.0 Å². The Hall–Kier alpha value is -0.450. The van der Waals surface area contributed by atoms with Gasteiger partial charge in [0, 0.05) is 18.5 Å². The zero-order valence-electron chi connectivity index (χ0n) is 12.0. The summed E-state index contributed by atoms with van der Waals surface area (Å²) in [7, 11) is 1.77. The van der Waals surface area contributed by atoms with Gasteiger partial charge in [-0.3, -0.25) is 0 Å². The average Bonchev–Trinajstić information content (AvgIpc) is 3.03. The summed E-state index contributed by atoms with van der Waals surface area (Å²) in [6.45, 7) is 4.00. The summed E-state index contributed by atoms with van der Waals surface area (Å²) in [5, 5.41) is 5.12. The van der Waals surface area contributed by atoms with Crippen molar-refractivity contribution in [2.75, 3.05) is 20.3 Å². The van der Waals surface area contributed by atoms with Crippen molar-refractivity contribution in [3.05, 3.63) is 15.6 Å². The highest BCUT2D eigenvalue weighted by atomic mass is 32.1. The van der Waals surface area contributed by atoms with Crippen LogP contribution in [0.15, 0.2) is 0 Å². The molecule has 3 nitrogen and oxygen atoms in total. The molecule has 2 aliphatic carbocycles. The highest BCUT2D eigenvalue weighted by Crippen LogP contribution is 2.49. The summed E-state index contributed by atoms with van der Waals surface area (Å²) in [6.07, 6.45) is 7.56. The van der Waals surface area contributed by atoms with Crippen LogP contribution in [0.25, 0.3) is 0 Å². The lowest BCUT2D eigenvalue weighted by molar-refractivity contribution is 0.174. The van der Waals surface area contributed by atoms with Crippen molar-refractivity contribution in [1.82, 2.24) is 10.3 Å². The Morgan fingerprint density at radius 3 is 2.89 bits per heavy atom. The van der Waals surface area contributed by atoms with E-state index in [0.717, 1.165) is 25.5 Å². The van der Waals surface area contributed by atoms with Crippen LogP contribution >= 0.6 is 11.3 Å². The van der Waals surface area contributed by atoms with E-state index in [1.165, 1.54) is 42.8 Å². The van der Waals surface area contributed by atoms with E-state index in [4.69, 9.17) is 9.72 Å². The van der Waals surface area contributed by atoms with E-state index < -0.39 is 0 Å². The molecule has 0 bridgehead atoms. The molecular formula is C15H24N2OS. The fourth-order valence-corrected chi connectivity index (χ4v) is 4.76. The Balaban J connectivity index is 1.84. The van der Waals surface area contributed by atoms with Gasteiger partial charge in [-0.25, -0.2) is 4.98 Å². The number of hydrogen-bond donors (Lipinski definition) is 1. The first-order valence-electron chi connectivity index (χ1n) is 7.53. The van der Waals surface area contributed by atoms with Crippen LogP contribution in [0.3, 0.4) is 0 Å². The maximum atomic E-state index is 5.20. The minimum atomic E-state index is 0.119. The minimum Gasteiger partial charge on any atom is -0.383 e. The number of nitrogens with zero attached hydrogens (tertiary/aromatic N) is 1. The molecule has 0 spiro atoms. The van der Waals surface area contributed by atoms with E-state index in [-0.39, 0.29) is 5.54 Å². The third kappa shape index (κ3) is 2.46. The summed E-state index contributed by atoms with van der Waals surface area (Å²) in [5.41, 5.74) is 1.50. The molecule has 3 rings (SSSR count). The molecule has 0 radical (unpaired) electrons. The van der Waals surface area contributed by atoms with Gasteiger partial charge in [-0.1, -0.05) is 6.92 Å². The average molecular weight is 280 g/mol. The van der Waals surface area contributed by atoms with Gasteiger partial charge >= 0.3 is 0 Å². The summed E-state index contributed by atoms with van der Waals surface area (Å²) in [5.74, 6) is 0.778. The molecule has 0 amide bonds. The number of hydrogen-bond acceptors (Lipinski definition) is 4. The molecule has 1 aromatic rings. The van der Waals surface area contributed by atoms with Crippen LogP contribution in [0.5, 0.6) is 0 Å². The molecule has 2 aliphatic rings. The quantitative estimate of drug-likeness (QED) is 0.780. The van der Waals surface area contributed by atoms with E-state index in [2.05, 4.69) is 12.2 Å². The van der Waals surface area contributed by atoms with Gasteiger partial charge in [-0.2, -0.15) is 0 Å². The third-order valence-electron chi connectivity index (χ3n) is 4.56. The molecule has 19 heavy (non-hydrogen) atoms. The van der Waals surface area contributed by atoms with Crippen LogP contribution < -0.4 is 5.32 Å². The fraction of sp³-hybridized carbons (Fsp3) is 0.800. The van der Waals surface area contributed by atoms with Gasteiger partial charge in [0.25, 0.3) is 0 Å². The normalized spacial score (nSPS) is 21.4. The van der Waals surface area contributed by atoms with Crippen LogP contribution in [0.2, 0.25) is 0 Å². The Labute approximate surface area is 119 Å². The molecule has 0 saturated heterocycles. The Morgan fingerprint density at radius 1 is 1.42 bits per heavy atom. The standard InChI is InChI=1S/C15H24N2OS/c1-3-15(11-7-8-11,16-9-10-18-2)14-17-12-5-4-6-13(12)19-14/h11,16H,3-10H2,1-2H3. The lowest BCUT2D eigenvalue weighted by Gasteiger charge is -2.32. The Kier molecular flexibility index (Phi) is 3.92. The number of methoxy groups -OCH3 is 1. The zero-order valence-corrected chi connectivity index (χ0v) is 12.8. The Bertz CT molecular complexity index is 420. The van der Waals surface area contributed by atoms with Gasteiger partial charge in [0.1, 0.15) is 5.01 Å². The molecule has 106 valence electrons. The second-order valence-corrected chi connectivity index (χ2v) is 6.84. The van der Waals surface area contributed by atoms with E-state index in [0.29, 0.717) is 0 Å². The number of aryl methyl sites for hydroxylation is 2. The molecule has 1 fully saturated rings. The SMILES string of the molecule is CCC(NCCOC)(c1nc2c(s1)CCC2)C1CC1. The molecule has 1 aromatic heterocycles. The largest absolute Gasteiger partial charge is 0.383 e. The summed E-state index contributed by atoms with van der Waals surface area (Å²) in [4.78, 5) is 6.53. The highest BCUT2D eigenvalue weighted by molar-refractivity contribution is 7.12. The maximum Gasteiger partial charge on any atom is 0.114 e. The zero-order chi connectivity index (χ0) is 13.3. The van der Waals surface area contributed by atoms with Gasteiger partial charge in [0.15, 0.2) is 0 Å². The smallest absolute Gasteiger partial charge is 0.114 e. The molecule has 1 N–H and O–H groups in total. The lowest BCUT2D eigenvalue weighted by Crippen LogP contribution is -2.45. The van der Waals surface area contributed by atoms with Crippen molar-refractivity contribution in [1.29, 1.82) is 0 Å². The van der Waals surface area contributed by atoms with Crippen LogP contribution in [-0.2, 0) is 23.1 Å². The van der Waals surface area contributed by atoms with Crippen LogP contribution in [0.4, 0.5) is 0 Å². The lowest BCUT2D eigenvalue weighted by atomic mass is 9.90. The van der Waals surface area contributed by atoms with Crippen molar-refractivity contribution in [2.45, 2.75) is 51.0 Å². The van der Waals surface area contributed by atoms with Crippen molar-refractivity contribution in [3.63, 3.8) is 0 Å². The van der Waals surface area contributed by atoms with Crippen molar-refractivity contribution < 1.29 is 4.74 Å². The summed E-state index contributed by atoms with van der Waals surface area (Å²) < 4.78 is 5.20. The summed E-state index contributed by atoms with van der Waals surface area (Å²) in [6, 6.07) is 0. The predicted molar refractivity (Wildman–Crippen MR) is 78.7 cm³/mol. The molecule has 0 aliphatic heterocycles. The van der Waals surface area contributed by atoms with Crippen molar-refractivity contribution in [2.24, 2.45) is 5.92 Å². The van der Waals surface area contributed by atoms with E-state index >= 15 is 0 Å². The second-order valence-electron chi connectivity index (χ2n) is 5.76. The van der Waals surface area contributed by atoms with E-state index in [9.17, 15) is 0 Å². The molecule has 1 saturated carbocycles. The first-order valence-corrected chi connectivity index (χ1v) is 8.35. The predicted octanol–water partition coefficient (Wildman–Crippen LogP) is 2.88. The Morgan fingerprint density at radius 2 is 2.26 bits per heavy atom. The van der Waals surface area contributed by atoms with Crippen LogP contribution in [-0.4, -0.2) is 25.2 Å². The minimum absolute atomic E-state index is 0.119. The van der Waals surface area contributed by atoms with Crippen molar-refractivity contribution >= 4 is 11.3 Å². The van der Waals surface area contributed by atoms with Crippen LogP contribution in [0, 0.1) is 5.92 Å². The topological polar surface area (TPSA) is 34.1 Å². The molecule has 1 heterocycles. The first-order chi connectivity index (χ1) is 9.30. The number of nitrogens with one attached hydrogen (secondary N) is 1. The molecule has 1 atom stereocenters. The van der Waals surface area contributed by atoms with E-state index in [1.807, 2.05) is 11.3 Å². The van der Waals surface area contributed by atoms with Gasteiger partial charge < -0.3 is 10.1 Å². The van der Waals surface area contributed by atoms with Crippen molar-refractivity contribution in [3.8, 4) is 0 Å². The molecular weight excluding hydrogens is 256 g/mol.